The predicted molar refractivity (Wildman–Crippen MR) is 156 cm³/mol. The summed E-state index contributed by atoms with van der Waals surface area (Å²) < 4.78 is 57.4. The van der Waals surface area contributed by atoms with Gasteiger partial charge >= 0.3 is 6.18 Å². The molecule has 7 nitrogen and oxygen atoms in total. The zero-order valence-electron chi connectivity index (χ0n) is 22.7. The van der Waals surface area contributed by atoms with E-state index in [-0.39, 0.29) is 5.70 Å². The monoisotopic (exact) mass is 638 g/mol. The Kier molecular flexibility index (Phi) is 9.48. The summed E-state index contributed by atoms with van der Waals surface area (Å²) in [5.74, 6) is -1.47. The number of nitrogens with one attached hydrogen (secondary N) is 3. The molecule has 1 saturated heterocycles. The minimum atomic E-state index is -4.97. The molecule has 0 aliphatic carbocycles. The smallest absolute Gasteiger partial charge is 0.327 e. The highest BCUT2D eigenvalue weighted by Crippen LogP contribution is 2.49. The molecular formula is C30H28Cl2F4N4O3. The molecule has 2 aliphatic rings. The van der Waals surface area contributed by atoms with Crippen molar-refractivity contribution in [3.05, 3.63) is 99.6 Å². The first-order chi connectivity index (χ1) is 20.6. The average Bonchev–Trinajstić information content (AvgIpc) is 3.46. The fourth-order valence-corrected chi connectivity index (χ4v) is 5.66. The molecule has 1 unspecified atom stereocenters. The van der Waals surface area contributed by atoms with Crippen LogP contribution in [0.25, 0.3) is 16.5 Å². The van der Waals surface area contributed by atoms with Crippen molar-refractivity contribution in [3.63, 3.8) is 0 Å². The van der Waals surface area contributed by atoms with Gasteiger partial charge in [-0.05, 0) is 61.0 Å². The highest BCUT2D eigenvalue weighted by molar-refractivity contribution is 6.35. The molecule has 1 atom stereocenters. The molecule has 3 aromatic rings. The number of piperidine rings is 1. The number of carbonyl (C=O) groups excluding carboxylic acids is 1. The number of carbonyl (C=O) groups is 1. The lowest BCUT2D eigenvalue weighted by molar-refractivity contribution is -0.269. The topological polar surface area (TPSA) is 74.9 Å². The maximum Gasteiger partial charge on any atom is 0.428 e. The van der Waals surface area contributed by atoms with Crippen molar-refractivity contribution in [2.75, 3.05) is 26.2 Å². The number of halogens is 6. The Balaban J connectivity index is 1.34. The van der Waals surface area contributed by atoms with Gasteiger partial charge < -0.3 is 10.2 Å². The molecular weight excluding hydrogens is 611 g/mol. The van der Waals surface area contributed by atoms with E-state index in [2.05, 4.69) is 21.2 Å². The zero-order chi connectivity index (χ0) is 30.6. The third-order valence-electron chi connectivity index (χ3n) is 7.37. The highest BCUT2D eigenvalue weighted by atomic mass is 35.5. The fraction of sp³-hybridized carbons (Fsp3) is 0.300. The fourth-order valence-electron chi connectivity index (χ4n) is 5.17. The van der Waals surface area contributed by atoms with E-state index in [9.17, 15) is 22.4 Å². The van der Waals surface area contributed by atoms with Gasteiger partial charge in [-0.25, -0.2) is 4.39 Å². The van der Waals surface area contributed by atoms with Crippen LogP contribution in [0.5, 0.6) is 0 Å². The van der Waals surface area contributed by atoms with Crippen LogP contribution >= 0.6 is 23.2 Å². The number of hydroxylamine groups is 2. The summed E-state index contributed by atoms with van der Waals surface area (Å²) in [6.07, 6.45) is 2.39. The molecule has 2 heterocycles. The molecule has 228 valence electrons. The standard InChI is InChI=1S/C30H28Cl2F4N4O3/c31-24-16-19(17-25(32)27(24)33)29(30(34,35)36)18-26(39-43-29)22-8-9-23(21-7-3-2-6-20(21)22)28(41)37-10-11-38-42-15-14-40-12-4-1-5-13-40/h2-3,6-11,16-18,38-39H,1,4-5,12-15H2,(H,37,41). The van der Waals surface area contributed by atoms with Crippen molar-refractivity contribution in [2.24, 2.45) is 0 Å². The lowest BCUT2D eigenvalue weighted by Crippen LogP contribution is -2.42. The molecule has 5 rings (SSSR count). The first-order valence-electron chi connectivity index (χ1n) is 13.6. The maximum absolute atomic E-state index is 14.5. The van der Waals surface area contributed by atoms with Crippen molar-refractivity contribution in [1.29, 1.82) is 0 Å². The van der Waals surface area contributed by atoms with E-state index in [1.54, 1.807) is 24.3 Å². The van der Waals surface area contributed by atoms with Crippen molar-refractivity contribution in [2.45, 2.75) is 31.0 Å². The van der Waals surface area contributed by atoms with E-state index < -0.39 is 39.1 Å². The van der Waals surface area contributed by atoms with Gasteiger partial charge in [-0.2, -0.15) is 13.2 Å². The second-order valence-corrected chi connectivity index (χ2v) is 10.9. The Bertz CT molecular complexity index is 1540. The number of alkyl halides is 3. The van der Waals surface area contributed by atoms with Crippen LogP contribution in [-0.2, 0) is 15.3 Å². The molecule has 13 heteroatoms. The lowest BCUT2D eigenvalue weighted by Gasteiger charge is -2.28. The van der Waals surface area contributed by atoms with Gasteiger partial charge in [0.1, 0.15) is 0 Å². The van der Waals surface area contributed by atoms with E-state index in [1.165, 1.54) is 43.8 Å². The maximum atomic E-state index is 14.5. The summed E-state index contributed by atoms with van der Waals surface area (Å²) in [6, 6.07) is 11.4. The van der Waals surface area contributed by atoms with Crippen molar-refractivity contribution in [3.8, 4) is 0 Å². The molecule has 3 N–H and O–H groups in total. The molecule has 1 amide bonds. The first kappa shape index (κ1) is 31.1. The Morgan fingerprint density at radius 2 is 1.74 bits per heavy atom. The summed E-state index contributed by atoms with van der Waals surface area (Å²) >= 11 is 11.6. The van der Waals surface area contributed by atoms with Crippen LogP contribution < -0.4 is 16.3 Å². The minimum Gasteiger partial charge on any atom is -0.327 e. The SMILES string of the molecule is O=C(NC=CNOCCN1CCCCC1)c1ccc(C2=CC(c3cc(Cl)c(F)c(Cl)c3)(C(F)(F)F)ON2)c2ccccc12. The highest BCUT2D eigenvalue weighted by Gasteiger charge is 2.60. The number of amides is 1. The summed E-state index contributed by atoms with van der Waals surface area (Å²) in [4.78, 5) is 25.9. The van der Waals surface area contributed by atoms with Gasteiger partial charge in [-0.15, -0.1) is 0 Å². The number of hydrogen-bond acceptors (Lipinski definition) is 6. The Labute approximate surface area is 255 Å². The normalized spacial score (nSPS) is 19.4. The molecule has 0 aromatic heterocycles. The molecule has 43 heavy (non-hydrogen) atoms. The van der Waals surface area contributed by atoms with Crippen LogP contribution in [0, 0.1) is 5.82 Å². The molecule has 0 radical (unpaired) electrons. The van der Waals surface area contributed by atoms with Gasteiger partial charge in [0, 0.05) is 35.6 Å². The van der Waals surface area contributed by atoms with E-state index in [0.29, 0.717) is 28.5 Å². The molecule has 0 saturated carbocycles. The number of nitrogens with zero attached hydrogens (tertiary/aromatic N) is 1. The van der Waals surface area contributed by atoms with E-state index in [4.69, 9.17) is 32.9 Å². The Morgan fingerprint density at radius 3 is 2.44 bits per heavy atom. The number of fused-ring (bicyclic) bond motifs is 1. The predicted octanol–water partition coefficient (Wildman–Crippen LogP) is 6.83. The molecule has 0 bridgehead atoms. The third kappa shape index (κ3) is 6.61. The van der Waals surface area contributed by atoms with Gasteiger partial charge in [0.2, 0.25) is 5.60 Å². The summed E-state index contributed by atoms with van der Waals surface area (Å²) in [6.45, 7) is 3.46. The number of hydrogen-bond donors (Lipinski definition) is 3. The van der Waals surface area contributed by atoms with E-state index in [0.717, 1.165) is 37.8 Å². The molecule has 2 aliphatic heterocycles. The second kappa shape index (κ2) is 13.1. The molecule has 0 spiro atoms. The van der Waals surface area contributed by atoms with E-state index in [1.807, 2.05) is 0 Å². The van der Waals surface area contributed by atoms with Crippen LogP contribution in [0.1, 0.15) is 40.7 Å². The minimum absolute atomic E-state index is 0.0112. The van der Waals surface area contributed by atoms with Crippen molar-refractivity contribution >= 4 is 45.6 Å². The number of benzene rings is 3. The van der Waals surface area contributed by atoms with Crippen LogP contribution in [0.3, 0.4) is 0 Å². The van der Waals surface area contributed by atoms with Gasteiger partial charge in [0.25, 0.3) is 5.91 Å². The molecule has 1 fully saturated rings. The van der Waals surface area contributed by atoms with Gasteiger partial charge in [0.05, 0.1) is 22.3 Å². The van der Waals surface area contributed by atoms with Crippen molar-refractivity contribution < 1.29 is 32.0 Å². The van der Waals surface area contributed by atoms with Gasteiger partial charge in [-0.3, -0.25) is 25.4 Å². The van der Waals surface area contributed by atoms with Crippen LogP contribution in [0.15, 0.2) is 67.0 Å². The second-order valence-electron chi connectivity index (χ2n) is 10.1. The lowest BCUT2D eigenvalue weighted by atomic mass is 9.90. The average molecular weight is 639 g/mol. The van der Waals surface area contributed by atoms with Crippen LogP contribution in [-0.4, -0.2) is 43.2 Å². The Hall–Kier alpha value is -3.35. The quantitative estimate of drug-likeness (QED) is 0.103. The van der Waals surface area contributed by atoms with Crippen molar-refractivity contribution in [1.82, 2.24) is 21.2 Å². The summed E-state index contributed by atoms with van der Waals surface area (Å²) in [5.41, 5.74) is 2.17. The summed E-state index contributed by atoms with van der Waals surface area (Å²) in [5, 5.41) is 2.49. The molecule has 3 aromatic carbocycles. The third-order valence-corrected chi connectivity index (χ3v) is 7.92. The Morgan fingerprint density at radius 1 is 1.05 bits per heavy atom. The van der Waals surface area contributed by atoms with Crippen LogP contribution in [0.4, 0.5) is 17.6 Å². The number of rotatable bonds is 9. The first-order valence-corrected chi connectivity index (χ1v) is 14.3. The van der Waals surface area contributed by atoms with E-state index >= 15 is 0 Å². The van der Waals surface area contributed by atoms with Crippen LogP contribution in [0.2, 0.25) is 10.0 Å². The van der Waals surface area contributed by atoms with Gasteiger partial charge in [0.15, 0.2) is 5.82 Å². The summed E-state index contributed by atoms with van der Waals surface area (Å²) in [7, 11) is 0. The largest absolute Gasteiger partial charge is 0.428 e. The van der Waals surface area contributed by atoms with Gasteiger partial charge in [-0.1, -0.05) is 60.0 Å². The number of likely N-dealkylation sites (tertiary alicyclic amines) is 1. The zero-order valence-corrected chi connectivity index (χ0v) is 24.3.